The molecule has 2 aliphatic rings. The number of anilines is 1. The van der Waals surface area contributed by atoms with Gasteiger partial charge in [0.25, 0.3) is 0 Å². The van der Waals surface area contributed by atoms with Gasteiger partial charge in [0, 0.05) is 36.0 Å². The van der Waals surface area contributed by atoms with Gasteiger partial charge in [0.05, 0.1) is 10.9 Å². The number of piperidine rings is 1. The standard InChI is InChI=1S/C20H25ClN2O2S2/c1-14-12-20(19-16(7-10-25-20)11-18(21)26-19)8-9-23(14)13-15-3-5-17(6-4-15)22-27(2)24/h3-6,11,14,22H,7-10,12-13H2,1-2H3/t14-,20?,27?/m0/s1. The normalized spacial score (nSPS) is 26.7. The van der Waals surface area contributed by atoms with Crippen molar-refractivity contribution in [2.75, 3.05) is 24.1 Å². The molecule has 1 fully saturated rings. The third kappa shape index (κ3) is 4.10. The predicted molar refractivity (Wildman–Crippen MR) is 114 cm³/mol. The quantitative estimate of drug-likeness (QED) is 0.782. The highest BCUT2D eigenvalue weighted by Gasteiger charge is 2.44. The summed E-state index contributed by atoms with van der Waals surface area (Å²) in [4.78, 5) is 3.88. The Labute approximate surface area is 172 Å². The topological polar surface area (TPSA) is 41.6 Å². The first-order chi connectivity index (χ1) is 12.9. The van der Waals surface area contributed by atoms with E-state index in [1.807, 2.05) is 12.1 Å². The zero-order chi connectivity index (χ0) is 19.0. The first kappa shape index (κ1) is 19.4. The number of thiophene rings is 1. The highest BCUT2D eigenvalue weighted by Crippen LogP contribution is 2.48. The van der Waals surface area contributed by atoms with Gasteiger partial charge in [0.15, 0.2) is 0 Å². The van der Waals surface area contributed by atoms with Crippen molar-refractivity contribution in [2.45, 2.75) is 44.4 Å². The molecule has 1 saturated heterocycles. The lowest BCUT2D eigenvalue weighted by Crippen LogP contribution is -2.49. The second-order valence-electron chi connectivity index (χ2n) is 7.52. The molecule has 3 heterocycles. The molecule has 2 unspecified atom stereocenters. The van der Waals surface area contributed by atoms with E-state index >= 15 is 0 Å². The maximum Gasteiger partial charge on any atom is 0.113 e. The molecule has 27 heavy (non-hydrogen) atoms. The largest absolute Gasteiger partial charge is 0.369 e. The van der Waals surface area contributed by atoms with E-state index < -0.39 is 11.0 Å². The summed E-state index contributed by atoms with van der Waals surface area (Å²) in [6.45, 7) is 5.02. The van der Waals surface area contributed by atoms with Gasteiger partial charge in [-0.1, -0.05) is 23.7 Å². The summed E-state index contributed by atoms with van der Waals surface area (Å²) in [6, 6.07) is 10.8. The molecule has 3 atom stereocenters. The molecule has 2 aliphatic heterocycles. The van der Waals surface area contributed by atoms with Crippen molar-refractivity contribution in [3.8, 4) is 0 Å². The third-order valence-corrected chi connectivity index (χ3v) is 7.61. The minimum Gasteiger partial charge on any atom is -0.369 e. The second-order valence-corrected chi connectivity index (χ2v) is 10.3. The second kappa shape index (κ2) is 7.84. The van der Waals surface area contributed by atoms with E-state index in [2.05, 4.69) is 34.7 Å². The lowest BCUT2D eigenvalue weighted by Gasteiger charge is -2.47. The van der Waals surface area contributed by atoms with Crippen LogP contribution in [0.5, 0.6) is 0 Å². The zero-order valence-electron chi connectivity index (χ0n) is 15.7. The summed E-state index contributed by atoms with van der Waals surface area (Å²) < 4.78 is 21.4. The van der Waals surface area contributed by atoms with E-state index in [1.165, 1.54) is 16.0 Å². The first-order valence-electron chi connectivity index (χ1n) is 9.31. The zero-order valence-corrected chi connectivity index (χ0v) is 18.1. The van der Waals surface area contributed by atoms with Gasteiger partial charge in [0.1, 0.15) is 16.6 Å². The van der Waals surface area contributed by atoms with Crippen molar-refractivity contribution >= 4 is 39.6 Å². The molecule has 1 N–H and O–H groups in total. The van der Waals surface area contributed by atoms with Gasteiger partial charge in [0.2, 0.25) is 0 Å². The van der Waals surface area contributed by atoms with Crippen LogP contribution in [0, 0.1) is 0 Å². The number of rotatable bonds is 4. The van der Waals surface area contributed by atoms with E-state index in [-0.39, 0.29) is 5.60 Å². The Morgan fingerprint density at radius 1 is 1.41 bits per heavy atom. The van der Waals surface area contributed by atoms with Crippen molar-refractivity contribution in [3.63, 3.8) is 0 Å². The molecule has 0 aliphatic carbocycles. The van der Waals surface area contributed by atoms with Gasteiger partial charge in [-0.2, -0.15) is 0 Å². The highest BCUT2D eigenvalue weighted by atomic mass is 35.5. The van der Waals surface area contributed by atoms with Gasteiger partial charge < -0.3 is 9.46 Å². The number of likely N-dealkylation sites (tertiary alicyclic amines) is 1. The van der Waals surface area contributed by atoms with Crippen LogP contribution in [0.3, 0.4) is 0 Å². The van der Waals surface area contributed by atoms with Crippen LogP contribution in [-0.2, 0) is 34.3 Å². The van der Waals surface area contributed by atoms with Crippen molar-refractivity contribution in [2.24, 2.45) is 0 Å². The van der Waals surface area contributed by atoms with Gasteiger partial charge in [-0.15, -0.1) is 11.3 Å². The molecule has 7 heteroatoms. The molecule has 146 valence electrons. The minimum absolute atomic E-state index is 0.153. The maximum absolute atomic E-state index is 11.3. The molecule has 1 aromatic heterocycles. The molecule has 4 rings (SSSR count). The summed E-state index contributed by atoms with van der Waals surface area (Å²) in [6.07, 6.45) is 4.63. The number of benzene rings is 1. The molecular weight excluding hydrogens is 400 g/mol. The Morgan fingerprint density at radius 3 is 2.89 bits per heavy atom. The number of ether oxygens (including phenoxy) is 1. The molecule has 1 aromatic carbocycles. The summed E-state index contributed by atoms with van der Waals surface area (Å²) in [7, 11) is -1.04. The molecule has 1 spiro atoms. The summed E-state index contributed by atoms with van der Waals surface area (Å²) in [5.74, 6) is 0. The highest BCUT2D eigenvalue weighted by molar-refractivity contribution is 7.85. The SMILES string of the molecule is C[C@H]1CC2(CCN1Cc1ccc(NS(C)=O)cc1)OCCc1cc(Cl)sc12. The number of hydrogen-bond donors (Lipinski definition) is 1. The Balaban J connectivity index is 1.44. The summed E-state index contributed by atoms with van der Waals surface area (Å²) >= 11 is 8.00. The fourth-order valence-electron chi connectivity index (χ4n) is 4.29. The third-order valence-electron chi connectivity index (χ3n) is 5.60. The van der Waals surface area contributed by atoms with Crippen LogP contribution in [-0.4, -0.2) is 34.6 Å². The fraction of sp³-hybridized carbons (Fsp3) is 0.500. The number of halogens is 1. The van der Waals surface area contributed by atoms with Crippen LogP contribution in [0.4, 0.5) is 5.69 Å². The first-order valence-corrected chi connectivity index (χ1v) is 12.1. The smallest absolute Gasteiger partial charge is 0.113 e. The Morgan fingerprint density at radius 2 is 2.19 bits per heavy atom. The van der Waals surface area contributed by atoms with E-state index in [4.69, 9.17) is 16.3 Å². The average molecular weight is 425 g/mol. The Bertz CT molecular complexity index is 839. The number of nitrogens with one attached hydrogen (secondary N) is 1. The molecule has 0 amide bonds. The lowest BCUT2D eigenvalue weighted by atomic mass is 9.82. The number of hydrogen-bond acceptors (Lipinski definition) is 4. The fourth-order valence-corrected chi connectivity index (χ4v) is 6.24. The molecule has 0 saturated carbocycles. The summed E-state index contributed by atoms with van der Waals surface area (Å²) in [5, 5.41) is 0. The van der Waals surface area contributed by atoms with Crippen LogP contribution in [0.2, 0.25) is 4.34 Å². The van der Waals surface area contributed by atoms with Gasteiger partial charge in [-0.3, -0.25) is 4.90 Å². The van der Waals surface area contributed by atoms with Crippen LogP contribution in [0.15, 0.2) is 30.3 Å². The van der Waals surface area contributed by atoms with Crippen LogP contribution < -0.4 is 4.72 Å². The number of nitrogens with zero attached hydrogens (tertiary/aromatic N) is 1. The van der Waals surface area contributed by atoms with Crippen LogP contribution in [0.25, 0.3) is 0 Å². The van der Waals surface area contributed by atoms with Gasteiger partial charge in [-0.25, -0.2) is 4.21 Å². The van der Waals surface area contributed by atoms with E-state index in [1.54, 1.807) is 17.6 Å². The Kier molecular flexibility index (Phi) is 5.63. The molecular formula is C20H25ClN2O2S2. The molecule has 0 bridgehead atoms. The molecule has 4 nitrogen and oxygen atoms in total. The molecule has 2 aromatic rings. The number of fused-ring (bicyclic) bond motifs is 2. The maximum atomic E-state index is 11.3. The van der Waals surface area contributed by atoms with Gasteiger partial charge >= 0.3 is 0 Å². The summed E-state index contributed by atoms with van der Waals surface area (Å²) in [5.41, 5.74) is 3.39. The van der Waals surface area contributed by atoms with E-state index in [0.29, 0.717) is 6.04 Å². The van der Waals surface area contributed by atoms with Gasteiger partial charge in [-0.05, 0) is 55.5 Å². The predicted octanol–water partition coefficient (Wildman–Crippen LogP) is 4.56. The van der Waals surface area contributed by atoms with E-state index in [0.717, 1.165) is 49.0 Å². The lowest BCUT2D eigenvalue weighted by molar-refractivity contribution is -0.110. The van der Waals surface area contributed by atoms with E-state index in [9.17, 15) is 4.21 Å². The van der Waals surface area contributed by atoms with Crippen molar-refractivity contribution < 1.29 is 8.95 Å². The molecule has 0 radical (unpaired) electrons. The Hall–Kier alpha value is -0.920. The average Bonchev–Trinajstić information content (AvgIpc) is 3.01. The van der Waals surface area contributed by atoms with Crippen LogP contribution >= 0.6 is 22.9 Å². The minimum atomic E-state index is -1.04. The van der Waals surface area contributed by atoms with Crippen molar-refractivity contribution in [1.82, 2.24) is 4.90 Å². The monoisotopic (exact) mass is 424 g/mol. The van der Waals surface area contributed by atoms with Crippen molar-refractivity contribution in [3.05, 3.63) is 50.7 Å². The van der Waals surface area contributed by atoms with Crippen LogP contribution in [0.1, 0.15) is 35.8 Å². The van der Waals surface area contributed by atoms with Crippen molar-refractivity contribution in [1.29, 1.82) is 0 Å².